The van der Waals surface area contributed by atoms with Crippen molar-refractivity contribution >= 4 is 22.0 Å². The van der Waals surface area contributed by atoms with Gasteiger partial charge in [-0.25, -0.2) is 18.1 Å². The molecule has 2 aliphatic heterocycles. The van der Waals surface area contributed by atoms with E-state index in [-0.39, 0.29) is 30.7 Å². The Morgan fingerprint density at radius 3 is 2.29 bits per heavy atom. The fraction of sp³-hybridized carbons (Fsp3) is 0.467. The molecule has 0 spiro atoms. The predicted molar refractivity (Wildman–Crippen MR) is 82.9 cm³/mol. The number of sulfonamides is 1. The Bertz CT molecular complexity index is 737. The Morgan fingerprint density at radius 2 is 1.79 bits per heavy atom. The first-order chi connectivity index (χ1) is 11.3. The van der Waals surface area contributed by atoms with Gasteiger partial charge in [0.25, 0.3) is 5.91 Å². The highest BCUT2D eigenvalue weighted by atomic mass is 32.2. The summed E-state index contributed by atoms with van der Waals surface area (Å²) in [4.78, 5) is 24.2. The van der Waals surface area contributed by atoms with Crippen molar-refractivity contribution in [1.29, 1.82) is 0 Å². The second-order valence-electron chi connectivity index (χ2n) is 5.93. The van der Waals surface area contributed by atoms with Gasteiger partial charge >= 0.3 is 6.09 Å². The van der Waals surface area contributed by atoms with Crippen LogP contribution in [0.5, 0.6) is 5.75 Å². The molecule has 1 aromatic carbocycles. The number of ether oxygens (including phenoxy) is 2. The van der Waals surface area contributed by atoms with Crippen LogP contribution in [-0.2, 0) is 19.6 Å². The second kappa shape index (κ2) is 6.06. The number of rotatable bonds is 5. The van der Waals surface area contributed by atoms with Crippen LogP contribution in [0.3, 0.4) is 0 Å². The Labute approximate surface area is 140 Å². The van der Waals surface area contributed by atoms with E-state index in [4.69, 9.17) is 4.74 Å². The molecule has 0 aromatic heterocycles. The number of amides is 2. The zero-order chi connectivity index (χ0) is 17.5. The quantitative estimate of drug-likeness (QED) is 0.777. The zero-order valence-corrected chi connectivity index (χ0v) is 14.2. The van der Waals surface area contributed by atoms with Crippen LogP contribution < -0.4 is 4.74 Å². The molecule has 0 saturated carbocycles. The Balaban J connectivity index is 1.67. The van der Waals surface area contributed by atoms with Gasteiger partial charge in [0.15, 0.2) is 6.61 Å². The lowest BCUT2D eigenvalue weighted by molar-refractivity contribution is -0.128. The summed E-state index contributed by atoms with van der Waals surface area (Å²) < 4.78 is 36.4. The Morgan fingerprint density at radius 1 is 1.17 bits per heavy atom. The van der Waals surface area contributed by atoms with E-state index in [0.717, 1.165) is 4.90 Å². The van der Waals surface area contributed by atoms with Crippen molar-refractivity contribution in [2.24, 2.45) is 0 Å². The van der Waals surface area contributed by atoms with Crippen molar-refractivity contribution in [3.8, 4) is 5.75 Å². The molecule has 3 rings (SSSR count). The molecule has 2 saturated heterocycles. The summed E-state index contributed by atoms with van der Waals surface area (Å²) in [6.45, 7) is 3.64. The summed E-state index contributed by atoms with van der Waals surface area (Å²) in [5.74, 6) is 0.160. The summed E-state index contributed by atoms with van der Waals surface area (Å²) in [5, 5.41) is 0. The van der Waals surface area contributed by atoms with E-state index in [2.05, 4.69) is 4.74 Å². The number of nitrogens with zero attached hydrogens (tertiary/aromatic N) is 2. The van der Waals surface area contributed by atoms with E-state index >= 15 is 0 Å². The van der Waals surface area contributed by atoms with Gasteiger partial charge in [-0.15, -0.1) is 0 Å². The highest BCUT2D eigenvalue weighted by Crippen LogP contribution is 2.27. The number of benzene rings is 1. The molecule has 0 aliphatic carbocycles. The molecule has 24 heavy (non-hydrogen) atoms. The summed E-state index contributed by atoms with van der Waals surface area (Å²) in [5.41, 5.74) is 0. The fourth-order valence-corrected chi connectivity index (χ4v) is 4.12. The van der Waals surface area contributed by atoms with Crippen LogP contribution >= 0.6 is 0 Å². The second-order valence-corrected chi connectivity index (χ2v) is 7.87. The average Bonchev–Trinajstić information content (AvgIpc) is 2.78. The smallest absolute Gasteiger partial charge is 0.417 e. The average molecular weight is 354 g/mol. The number of cyclic esters (lactones) is 1. The minimum Gasteiger partial charge on any atom is -0.491 e. The molecule has 2 aliphatic rings. The van der Waals surface area contributed by atoms with Crippen LogP contribution in [0.25, 0.3) is 0 Å². The van der Waals surface area contributed by atoms with Crippen molar-refractivity contribution in [1.82, 2.24) is 9.21 Å². The van der Waals surface area contributed by atoms with Gasteiger partial charge in [-0.2, -0.15) is 4.31 Å². The highest BCUT2D eigenvalue weighted by molar-refractivity contribution is 7.89. The topological polar surface area (TPSA) is 93.2 Å². The molecule has 0 radical (unpaired) electrons. The monoisotopic (exact) mass is 354 g/mol. The van der Waals surface area contributed by atoms with E-state index < -0.39 is 28.1 Å². The predicted octanol–water partition coefficient (Wildman–Crippen LogP) is 0.825. The van der Waals surface area contributed by atoms with E-state index in [1.807, 2.05) is 13.8 Å². The summed E-state index contributed by atoms with van der Waals surface area (Å²) in [6.07, 6.45) is -0.710. The molecule has 2 amide bonds. The lowest BCUT2D eigenvalue weighted by Crippen LogP contribution is -2.62. The van der Waals surface area contributed by atoms with Crippen LogP contribution in [0.2, 0.25) is 0 Å². The van der Waals surface area contributed by atoms with Crippen LogP contribution in [0.15, 0.2) is 29.2 Å². The van der Waals surface area contributed by atoms with E-state index in [1.165, 1.54) is 16.4 Å². The maximum atomic E-state index is 12.5. The fourth-order valence-electron chi connectivity index (χ4n) is 2.60. The lowest BCUT2D eigenvalue weighted by Gasteiger charge is -2.40. The lowest BCUT2D eigenvalue weighted by atomic mass is 10.1. The number of carbonyl (C=O) groups excluding carboxylic acids is 2. The summed E-state index contributed by atoms with van der Waals surface area (Å²) >= 11 is 0. The Hall–Kier alpha value is -2.13. The van der Waals surface area contributed by atoms with Gasteiger partial charge in [0.2, 0.25) is 10.0 Å². The molecule has 0 N–H and O–H groups in total. The third-order valence-electron chi connectivity index (χ3n) is 3.81. The molecule has 2 heterocycles. The van der Waals surface area contributed by atoms with Crippen molar-refractivity contribution in [3.05, 3.63) is 24.3 Å². The first kappa shape index (κ1) is 16.7. The Kier molecular flexibility index (Phi) is 4.22. The standard InChI is InChI=1S/C15H18N2O6S/c1-10(2)23-12-3-5-13(6-4-12)24(20,21)16-7-11(8-16)17-14(18)9-22-15(17)19/h3-6,10-11H,7-9H2,1-2H3. The van der Waals surface area contributed by atoms with Gasteiger partial charge < -0.3 is 9.47 Å². The van der Waals surface area contributed by atoms with Crippen molar-refractivity contribution in [3.63, 3.8) is 0 Å². The molecule has 1 aromatic rings. The third-order valence-corrected chi connectivity index (χ3v) is 5.66. The van der Waals surface area contributed by atoms with Gasteiger partial charge in [-0.05, 0) is 38.1 Å². The molecular weight excluding hydrogens is 336 g/mol. The first-order valence-electron chi connectivity index (χ1n) is 7.54. The van der Waals surface area contributed by atoms with E-state index in [0.29, 0.717) is 5.75 Å². The molecule has 9 heteroatoms. The van der Waals surface area contributed by atoms with E-state index in [1.54, 1.807) is 12.1 Å². The van der Waals surface area contributed by atoms with Crippen molar-refractivity contribution in [2.45, 2.75) is 30.9 Å². The third kappa shape index (κ3) is 2.96. The van der Waals surface area contributed by atoms with Crippen LogP contribution in [0.1, 0.15) is 13.8 Å². The molecule has 130 valence electrons. The number of hydrogen-bond donors (Lipinski definition) is 0. The van der Waals surface area contributed by atoms with E-state index in [9.17, 15) is 18.0 Å². The summed E-state index contributed by atoms with van der Waals surface area (Å²) in [6, 6.07) is 5.70. The normalized spacial score (nSPS) is 19.5. The number of hydrogen-bond acceptors (Lipinski definition) is 6. The minimum absolute atomic E-state index is 0.00125. The van der Waals surface area contributed by atoms with Crippen LogP contribution in [0, 0.1) is 0 Å². The molecule has 8 nitrogen and oxygen atoms in total. The van der Waals surface area contributed by atoms with Gasteiger partial charge in [0.1, 0.15) is 5.75 Å². The molecule has 2 fully saturated rings. The molecular formula is C15H18N2O6S. The van der Waals surface area contributed by atoms with Crippen molar-refractivity contribution in [2.75, 3.05) is 19.7 Å². The van der Waals surface area contributed by atoms with Gasteiger partial charge in [-0.1, -0.05) is 0 Å². The zero-order valence-electron chi connectivity index (χ0n) is 13.3. The van der Waals surface area contributed by atoms with Gasteiger partial charge in [-0.3, -0.25) is 4.79 Å². The maximum Gasteiger partial charge on any atom is 0.417 e. The maximum absolute atomic E-state index is 12.5. The first-order valence-corrected chi connectivity index (χ1v) is 8.98. The number of carbonyl (C=O) groups is 2. The van der Waals surface area contributed by atoms with Crippen LogP contribution in [-0.4, -0.2) is 61.5 Å². The SMILES string of the molecule is CC(C)Oc1ccc(S(=O)(=O)N2CC(N3C(=O)COC3=O)C2)cc1. The van der Waals surface area contributed by atoms with Crippen LogP contribution in [0.4, 0.5) is 4.79 Å². The van der Waals surface area contributed by atoms with Gasteiger partial charge in [0.05, 0.1) is 17.0 Å². The minimum atomic E-state index is -3.66. The number of imide groups is 1. The molecule has 0 bridgehead atoms. The highest BCUT2D eigenvalue weighted by Gasteiger charge is 2.46. The molecule has 0 unspecified atom stereocenters. The van der Waals surface area contributed by atoms with Crippen molar-refractivity contribution < 1.29 is 27.5 Å². The molecule has 0 atom stereocenters. The summed E-state index contributed by atoms with van der Waals surface area (Å²) in [7, 11) is -3.66. The van der Waals surface area contributed by atoms with Gasteiger partial charge in [0, 0.05) is 13.1 Å². The largest absolute Gasteiger partial charge is 0.491 e.